The van der Waals surface area contributed by atoms with E-state index in [4.69, 9.17) is 13.9 Å². The van der Waals surface area contributed by atoms with Gasteiger partial charge in [-0.05, 0) is 48.5 Å². The third-order valence-corrected chi connectivity index (χ3v) is 4.62. The average Bonchev–Trinajstić information content (AvgIpc) is 3.22. The lowest BCUT2D eigenvalue weighted by Gasteiger charge is -2.07. The van der Waals surface area contributed by atoms with Crippen molar-refractivity contribution in [2.75, 3.05) is 19.5 Å². The number of hydrogen-bond acceptors (Lipinski definition) is 7. The standard InChI is InChI=1S/C22H17N3O6/c1-29-16-8-10-19-17(12-16)24-22(31-19)13-3-6-15(7-4-13)23-21(26)14-5-9-20(30-2)18(11-14)25(27)28/h3-12H,1-2H3,(H,23,26). The van der Waals surface area contributed by atoms with Crippen LogP contribution in [0.15, 0.2) is 65.1 Å². The van der Waals surface area contributed by atoms with Crippen molar-refractivity contribution in [2.45, 2.75) is 0 Å². The first kappa shape index (κ1) is 19.9. The maximum Gasteiger partial charge on any atom is 0.311 e. The second-order valence-corrected chi connectivity index (χ2v) is 6.53. The van der Waals surface area contributed by atoms with Crippen molar-refractivity contribution in [2.24, 2.45) is 0 Å². The van der Waals surface area contributed by atoms with Crippen LogP contribution in [0.3, 0.4) is 0 Å². The molecule has 0 aliphatic carbocycles. The maximum atomic E-state index is 12.5. The Balaban J connectivity index is 1.53. The van der Waals surface area contributed by atoms with Gasteiger partial charge in [-0.1, -0.05) is 0 Å². The lowest BCUT2D eigenvalue weighted by Crippen LogP contribution is -2.12. The molecule has 3 aromatic carbocycles. The van der Waals surface area contributed by atoms with Gasteiger partial charge in [-0.3, -0.25) is 14.9 Å². The van der Waals surface area contributed by atoms with Gasteiger partial charge in [-0.2, -0.15) is 0 Å². The van der Waals surface area contributed by atoms with Gasteiger partial charge in [0.2, 0.25) is 5.89 Å². The normalized spacial score (nSPS) is 10.6. The number of oxazole rings is 1. The molecule has 156 valence electrons. The smallest absolute Gasteiger partial charge is 0.311 e. The lowest BCUT2D eigenvalue weighted by molar-refractivity contribution is -0.385. The molecule has 4 aromatic rings. The Bertz CT molecular complexity index is 1280. The van der Waals surface area contributed by atoms with Gasteiger partial charge in [0.1, 0.15) is 11.3 Å². The number of anilines is 1. The number of nitrogens with zero attached hydrogens (tertiary/aromatic N) is 2. The van der Waals surface area contributed by atoms with Gasteiger partial charge < -0.3 is 19.2 Å². The third kappa shape index (κ3) is 4.01. The predicted molar refractivity (Wildman–Crippen MR) is 114 cm³/mol. The van der Waals surface area contributed by atoms with Gasteiger partial charge in [-0.25, -0.2) is 4.98 Å². The molecule has 0 unspecified atom stereocenters. The second kappa shape index (κ2) is 8.15. The molecule has 0 radical (unpaired) electrons. The van der Waals surface area contributed by atoms with E-state index >= 15 is 0 Å². The van der Waals surface area contributed by atoms with Crippen LogP contribution in [0.4, 0.5) is 11.4 Å². The van der Waals surface area contributed by atoms with Crippen LogP contribution in [0.2, 0.25) is 0 Å². The first-order chi connectivity index (χ1) is 15.0. The number of benzene rings is 3. The number of aromatic nitrogens is 1. The van der Waals surface area contributed by atoms with Crippen LogP contribution in [0, 0.1) is 10.1 Å². The van der Waals surface area contributed by atoms with Gasteiger partial charge in [0.25, 0.3) is 5.91 Å². The van der Waals surface area contributed by atoms with E-state index in [2.05, 4.69) is 10.3 Å². The van der Waals surface area contributed by atoms with Crippen LogP contribution < -0.4 is 14.8 Å². The van der Waals surface area contributed by atoms with E-state index < -0.39 is 10.8 Å². The Morgan fingerprint density at radius 1 is 1.03 bits per heavy atom. The first-order valence-corrected chi connectivity index (χ1v) is 9.17. The summed E-state index contributed by atoms with van der Waals surface area (Å²) in [5, 5.41) is 13.9. The van der Waals surface area contributed by atoms with Crippen LogP contribution in [0.25, 0.3) is 22.6 Å². The number of carbonyl (C=O) groups is 1. The number of ether oxygens (including phenoxy) is 2. The van der Waals surface area contributed by atoms with Crippen molar-refractivity contribution in [1.82, 2.24) is 4.98 Å². The lowest BCUT2D eigenvalue weighted by atomic mass is 10.1. The Morgan fingerprint density at radius 3 is 2.48 bits per heavy atom. The molecule has 31 heavy (non-hydrogen) atoms. The number of nitro benzene ring substituents is 1. The average molecular weight is 419 g/mol. The summed E-state index contributed by atoms with van der Waals surface area (Å²) in [5.41, 5.74) is 2.42. The van der Waals surface area contributed by atoms with Crippen LogP contribution >= 0.6 is 0 Å². The number of nitrogens with one attached hydrogen (secondary N) is 1. The molecule has 1 heterocycles. The van der Waals surface area contributed by atoms with E-state index in [-0.39, 0.29) is 17.0 Å². The van der Waals surface area contributed by atoms with Gasteiger partial charge >= 0.3 is 5.69 Å². The number of fused-ring (bicyclic) bond motifs is 1. The minimum Gasteiger partial charge on any atom is -0.497 e. The van der Waals surface area contributed by atoms with E-state index in [1.54, 1.807) is 49.6 Å². The van der Waals surface area contributed by atoms with Crippen molar-refractivity contribution in [1.29, 1.82) is 0 Å². The van der Waals surface area contributed by atoms with Gasteiger partial charge in [-0.15, -0.1) is 0 Å². The highest BCUT2D eigenvalue weighted by Crippen LogP contribution is 2.29. The number of amides is 1. The second-order valence-electron chi connectivity index (χ2n) is 6.53. The molecule has 0 saturated carbocycles. The Hall–Kier alpha value is -4.40. The van der Waals surface area contributed by atoms with Crippen LogP contribution in [0.5, 0.6) is 11.5 Å². The molecule has 1 aromatic heterocycles. The van der Waals surface area contributed by atoms with Crippen molar-refractivity contribution in [3.05, 3.63) is 76.3 Å². The zero-order valence-corrected chi connectivity index (χ0v) is 16.6. The molecule has 0 aliphatic rings. The van der Waals surface area contributed by atoms with Crippen LogP contribution in [-0.4, -0.2) is 30.0 Å². The van der Waals surface area contributed by atoms with Gasteiger partial charge in [0, 0.05) is 28.9 Å². The highest BCUT2D eigenvalue weighted by molar-refractivity contribution is 6.05. The predicted octanol–water partition coefficient (Wildman–Crippen LogP) is 4.67. The molecule has 1 amide bonds. The van der Waals surface area contributed by atoms with E-state index in [0.717, 1.165) is 5.56 Å². The number of carbonyl (C=O) groups excluding carboxylic acids is 1. The maximum absolute atomic E-state index is 12.5. The summed E-state index contributed by atoms with van der Waals surface area (Å²) in [7, 11) is 2.91. The summed E-state index contributed by atoms with van der Waals surface area (Å²) < 4.78 is 15.9. The number of rotatable bonds is 6. The zero-order chi connectivity index (χ0) is 22.0. The molecule has 9 heteroatoms. The fraction of sp³-hybridized carbons (Fsp3) is 0.0909. The number of methoxy groups -OCH3 is 2. The highest BCUT2D eigenvalue weighted by Gasteiger charge is 2.18. The van der Waals surface area contributed by atoms with E-state index in [1.165, 1.54) is 25.3 Å². The summed E-state index contributed by atoms with van der Waals surface area (Å²) in [6.45, 7) is 0. The molecular weight excluding hydrogens is 402 g/mol. The Morgan fingerprint density at radius 2 is 1.81 bits per heavy atom. The van der Waals surface area contributed by atoms with Crippen molar-refractivity contribution in [3.63, 3.8) is 0 Å². The van der Waals surface area contributed by atoms with Crippen molar-refractivity contribution >= 4 is 28.4 Å². The molecule has 0 atom stereocenters. The number of nitro groups is 1. The minimum atomic E-state index is -0.597. The van der Waals surface area contributed by atoms with E-state index in [0.29, 0.717) is 28.4 Å². The summed E-state index contributed by atoms with van der Waals surface area (Å²) in [4.78, 5) is 27.5. The Labute approximate surface area is 176 Å². The molecule has 0 aliphatic heterocycles. The van der Waals surface area contributed by atoms with E-state index in [9.17, 15) is 14.9 Å². The fourth-order valence-corrected chi connectivity index (χ4v) is 3.03. The van der Waals surface area contributed by atoms with Crippen LogP contribution in [0.1, 0.15) is 10.4 Å². The SMILES string of the molecule is COc1ccc2oc(-c3ccc(NC(=O)c4ccc(OC)c([N+](=O)[O-])c4)cc3)nc2c1. The Kier molecular flexibility index (Phi) is 5.23. The zero-order valence-electron chi connectivity index (χ0n) is 16.6. The summed E-state index contributed by atoms with van der Waals surface area (Å²) >= 11 is 0. The molecule has 0 saturated heterocycles. The first-order valence-electron chi connectivity index (χ1n) is 9.17. The van der Waals surface area contributed by atoms with Gasteiger partial charge in [0.15, 0.2) is 11.3 Å². The molecule has 0 spiro atoms. The molecule has 1 N–H and O–H groups in total. The highest BCUT2D eigenvalue weighted by atomic mass is 16.6. The molecule has 9 nitrogen and oxygen atoms in total. The van der Waals surface area contributed by atoms with E-state index in [1.807, 2.05) is 0 Å². The fourth-order valence-electron chi connectivity index (χ4n) is 3.03. The van der Waals surface area contributed by atoms with Crippen molar-refractivity contribution in [3.8, 4) is 23.0 Å². The third-order valence-electron chi connectivity index (χ3n) is 4.62. The summed E-state index contributed by atoms with van der Waals surface area (Å²) in [6.07, 6.45) is 0. The minimum absolute atomic E-state index is 0.0851. The van der Waals surface area contributed by atoms with Crippen molar-refractivity contribution < 1.29 is 23.6 Å². The molecule has 4 rings (SSSR count). The quantitative estimate of drug-likeness (QED) is 0.356. The topological polar surface area (TPSA) is 117 Å². The van der Waals surface area contributed by atoms with Gasteiger partial charge in [0.05, 0.1) is 19.1 Å². The molecule has 0 fully saturated rings. The summed E-state index contributed by atoms with van der Waals surface area (Å²) in [5.74, 6) is 0.727. The number of hydrogen-bond donors (Lipinski definition) is 1. The largest absolute Gasteiger partial charge is 0.497 e. The molecule has 0 bridgehead atoms. The summed E-state index contributed by atoms with van der Waals surface area (Å²) in [6, 6.07) is 16.3. The van der Waals surface area contributed by atoms with Crippen LogP contribution in [-0.2, 0) is 0 Å². The monoisotopic (exact) mass is 419 g/mol. The molecular formula is C22H17N3O6.